The number of carbonyl (C=O) groups excluding carboxylic acids is 1. The predicted octanol–water partition coefficient (Wildman–Crippen LogP) is 0.969. The molecule has 1 amide bonds. The number of hydrogen-bond acceptors (Lipinski definition) is 4. The largest absolute Gasteiger partial charge is 0.444 e. The molecule has 5 nitrogen and oxygen atoms in total. The predicted molar refractivity (Wildman–Crippen MR) is 61.2 cm³/mol. The molecule has 1 aliphatic heterocycles. The Balaban J connectivity index is 2.64. The molecule has 0 aromatic carbocycles. The van der Waals surface area contributed by atoms with Gasteiger partial charge in [-0.3, -0.25) is 4.90 Å². The second-order valence-electron chi connectivity index (χ2n) is 5.18. The van der Waals surface area contributed by atoms with E-state index in [9.17, 15) is 4.79 Å². The van der Waals surface area contributed by atoms with Gasteiger partial charge < -0.3 is 15.2 Å². The average Bonchev–Trinajstić information content (AvgIpc) is 2.15. The molecule has 0 aromatic rings. The molecule has 1 fully saturated rings. The van der Waals surface area contributed by atoms with Crippen LogP contribution in [0.5, 0.6) is 0 Å². The Bertz CT molecular complexity index is 248. The molecule has 1 saturated heterocycles. The van der Waals surface area contributed by atoms with E-state index in [1.54, 1.807) is 4.90 Å². The van der Waals surface area contributed by atoms with Crippen LogP contribution in [0.15, 0.2) is 0 Å². The Labute approximate surface area is 96.9 Å². The van der Waals surface area contributed by atoms with E-state index in [4.69, 9.17) is 15.2 Å². The summed E-state index contributed by atoms with van der Waals surface area (Å²) in [5, 5.41) is 0. The van der Waals surface area contributed by atoms with Crippen molar-refractivity contribution in [3.63, 3.8) is 0 Å². The Morgan fingerprint density at radius 2 is 2.19 bits per heavy atom. The van der Waals surface area contributed by atoms with Gasteiger partial charge in [0.1, 0.15) is 5.60 Å². The summed E-state index contributed by atoms with van der Waals surface area (Å²) in [5.74, 6) is 0. The quantitative estimate of drug-likeness (QED) is 0.729. The molecule has 0 spiro atoms. The Kier molecular flexibility index (Phi) is 4.15. The van der Waals surface area contributed by atoms with E-state index in [1.165, 1.54) is 0 Å². The Morgan fingerprint density at radius 1 is 1.56 bits per heavy atom. The van der Waals surface area contributed by atoms with E-state index in [-0.39, 0.29) is 18.2 Å². The van der Waals surface area contributed by atoms with Gasteiger partial charge in [-0.15, -0.1) is 0 Å². The summed E-state index contributed by atoms with van der Waals surface area (Å²) in [6.45, 7) is 9.00. The number of nitrogens with zero attached hydrogens (tertiary/aromatic N) is 1. The molecule has 0 aromatic heterocycles. The van der Waals surface area contributed by atoms with Crippen LogP contribution in [0, 0.1) is 0 Å². The van der Waals surface area contributed by atoms with Crippen molar-refractivity contribution in [1.82, 2.24) is 4.90 Å². The first-order valence-corrected chi connectivity index (χ1v) is 5.64. The summed E-state index contributed by atoms with van der Waals surface area (Å²) in [6.07, 6.45) is -0.307. The van der Waals surface area contributed by atoms with Crippen LogP contribution in [-0.4, -0.2) is 48.4 Å². The number of rotatable bonds is 1. The summed E-state index contributed by atoms with van der Waals surface area (Å²) >= 11 is 0. The van der Waals surface area contributed by atoms with E-state index < -0.39 is 5.60 Å². The van der Waals surface area contributed by atoms with Crippen molar-refractivity contribution in [3.8, 4) is 0 Å². The fourth-order valence-corrected chi connectivity index (χ4v) is 1.61. The standard InChI is InChI=1S/C11H22N2O3/c1-8(12)9-7-15-6-5-13(9)10(14)16-11(2,3)4/h8-9H,5-7,12H2,1-4H3/t8-,9?/m0/s1. The van der Waals surface area contributed by atoms with Crippen molar-refractivity contribution in [1.29, 1.82) is 0 Å². The van der Waals surface area contributed by atoms with Crippen LogP contribution in [0.2, 0.25) is 0 Å². The van der Waals surface area contributed by atoms with Crippen LogP contribution in [0.25, 0.3) is 0 Å². The van der Waals surface area contributed by atoms with Crippen LogP contribution >= 0.6 is 0 Å². The van der Waals surface area contributed by atoms with Gasteiger partial charge in [0, 0.05) is 12.6 Å². The van der Waals surface area contributed by atoms with Gasteiger partial charge in [-0.2, -0.15) is 0 Å². The van der Waals surface area contributed by atoms with Crippen molar-refractivity contribution in [2.45, 2.75) is 45.4 Å². The summed E-state index contributed by atoms with van der Waals surface area (Å²) in [6, 6.07) is -0.212. The molecule has 5 heteroatoms. The molecule has 16 heavy (non-hydrogen) atoms. The highest BCUT2D eigenvalue weighted by Gasteiger charge is 2.32. The average molecular weight is 230 g/mol. The lowest BCUT2D eigenvalue weighted by Crippen LogP contribution is -2.56. The Morgan fingerprint density at radius 3 is 2.69 bits per heavy atom. The molecule has 1 unspecified atom stereocenters. The van der Waals surface area contributed by atoms with Gasteiger partial charge >= 0.3 is 6.09 Å². The zero-order valence-corrected chi connectivity index (χ0v) is 10.5. The minimum Gasteiger partial charge on any atom is -0.444 e. The summed E-state index contributed by atoms with van der Waals surface area (Å²) in [4.78, 5) is 13.6. The van der Waals surface area contributed by atoms with Crippen LogP contribution < -0.4 is 5.73 Å². The second kappa shape index (κ2) is 5.01. The van der Waals surface area contributed by atoms with E-state index in [0.29, 0.717) is 19.8 Å². The molecule has 2 N–H and O–H groups in total. The van der Waals surface area contributed by atoms with Crippen molar-refractivity contribution in [3.05, 3.63) is 0 Å². The molecular formula is C11H22N2O3. The van der Waals surface area contributed by atoms with Crippen molar-refractivity contribution < 1.29 is 14.3 Å². The van der Waals surface area contributed by atoms with Crippen LogP contribution in [0.1, 0.15) is 27.7 Å². The monoisotopic (exact) mass is 230 g/mol. The zero-order chi connectivity index (χ0) is 12.3. The van der Waals surface area contributed by atoms with Gasteiger partial charge in [-0.25, -0.2) is 4.79 Å². The minimum absolute atomic E-state index is 0.0939. The molecule has 0 radical (unpaired) electrons. The molecular weight excluding hydrogens is 208 g/mol. The first-order chi connectivity index (χ1) is 7.31. The van der Waals surface area contributed by atoms with Crippen molar-refractivity contribution in [2.24, 2.45) is 5.73 Å². The van der Waals surface area contributed by atoms with Crippen molar-refractivity contribution in [2.75, 3.05) is 19.8 Å². The Hall–Kier alpha value is -0.810. The fraction of sp³-hybridized carbons (Fsp3) is 0.909. The lowest BCUT2D eigenvalue weighted by atomic mass is 10.1. The molecule has 0 saturated carbocycles. The maximum absolute atomic E-state index is 11.9. The van der Waals surface area contributed by atoms with E-state index in [1.807, 2.05) is 27.7 Å². The summed E-state index contributed by atoms with van der Waals surface area (Å²) in [5.41, 5.74) is 5.36. The van der Waals surface area contributed by atoms with Gasteiger partial charge in [0.2, 0.25) is 0 Å². The van der Waals surface area contributed by atoms with Gasteiger partial charge in [-0.1, -0.05) is 0 Å². The summed E-state index contributed by atoms with van der Waals surface area (Å²) < 4.78 is 10.7. The first kappa shape index (κ1) is 13.3. The van der Waals surface area contributed by atoms with Gasteiger partial charge in [0.05, 0.1) is 19.3 Å². The number of nitrogens with two attached hydrogens (primary N) is 1. The first-order valence-electron chi connectivity index (χ1n) is 5.64. The molecule has 2 atom stereocenters. The molecule has 94 valence electrons. The molecule has 0 bridgehead atoms. The number of amides is 1. The molecule has 1 aliphatic rings. The number of ether oxygens (including phenoxy) is 2. The van der Waals surface area contributed by atoms with Gasteiger partial charge in [0.15, 0.2) is 0 Å². The maximum Gasteiger partial charge on any atom is 0.410 e. The molecule has 1 rings (SSSR count). The lowest BCUT2D eigenvalue weighted by molar-refractivity contribution is -0.0366. The van der Waals surface area contributed by atoms with E-state index in [2.05, 4.69) is 0 Å². The number of morpholine rings is 1. The van der Waals surface area contributed by atoms with Gasteiger partial charge in [0.25, 0.3) is 0 Å². The topological polar surface area (TPSA) is 64.8 Å². The smallest absolute Gasteiger partial charge is 0.410 e. The maximum atomic E-state index is 11.9. The minimum atomic E-state index is -0.474. The summed E-state index contributed by atoms with van der Waals surface area (Å²) in [7, 11) is 0. The molecule has 0 aliphatic carbocycles. The van der Waals surface area contributed by atoms with Crippen molar-refractivity contribution >= 4 is 6.09 Å². The number of hydrogen-bond donors (Lipinski definition) is 1. The third kappa shape index (κ3) is 3.64. The highest BCUT2D eigenvalue weighted by molar-refractivity contribution is 5.68. The third-order valence-electron chi connectivity index (χ3n) is 2.40. The normalized spacial score (nSPS) is 24.1. The SMILES string of the molecule is C[C@H](N)C1COCCN1C(=O)OC(C)(C)C. The highest BCUT2D eigenvalue weighted by Crippen LogP contribution is 2.15. The zero-order valence-electron chi connectivity index (χ0n) is 10.5. The highest BCUT2D eigenvalue weighted by atomic mass is 16.6. The fourth-order valence-electron chi connectivity index (χ4n) is 1.61. The van der Waals surface area contributed by atoms with E-state index in [0.717, 1.165) is 0 Å². The number of carbonyl (C=O) groups is 1. The van der Waals surface area contributed by atoms with Gasteiger partial charge in [-0.05, 0) is 27.7 Å². The third-order valence-corrected chi connectivity index (χ3v) is 2.40. The lowest BCUT2D eigenvalue weighted by Gasteiger charge is -2.38. The van der Waals surface area contributed by atoms with Crippen LogP contribution in [0.3, 0.4) is 0 Å². The van der Waals surface area contributed by atoms with Crippen LogP contribution in [-0.2, 0) is 9.47 Å². The second-order valence-corrected chi connectivity index (χ2v) is 5.18. The molecule has 1 heterocycles. The van der Waals surface area contributed by atoms with Crippen LogP contribution in [0.4, 0.5) is 4.79 Å². The van der Waals surface area contributed by atoms with E-state index >= 15 is 0 Å².